The molecule has 0 bridgehead atoms. The van der Waals surface area contributed by atoms with Gasteiger partial charge >= 0.3 is 0 Å². The van der Waals surface area contributed by atoms with Crippen molar-refractivity contribution in [2.45, 2.75) is 58.3 Å². The minimum atomic E-state index is -0.345. The molecule has 0 amide bonds. The van der Waals surface area contributed by atoms with Gasteiger partial charge in [0.1, 0.15) is 0 Å². The van der Waals surface area contributed by atoms with Crippen LogP contribution in [0.1, 0.15) is 44.2 Å². The van der Waals surface area contributed by atoms with Crippen molar-refractivity contribution < 1.29 is 5.11 Å². The monoisotopic (exact) mass is 351 g/mol. The smallest absolute Gasteiger partial charge is 0.0698 e. The number of benzene rings is 2. The number of allylic oxidation sites excluding steroid dienone is 1. The van der Waals surface area contributed by atoms with Gasteiger partial charge in [0.2, 0.25) is 0 Å². The molecule has 0 spiro atoms. The fourth-order valence-electron chi connectivity index (χ4n) is 3.44. The lowest BCUT2D eigenvalue weighted by atomic mass is 9.94. The third-order valence-corrected chi connectivity index (χ3v) is 4.75. The second-order valence-electron chi connectivity index (χ2n) is 7.51. The maximum atomic E-state index is 10.9. The Balaban J connectivity index is 2.25. The number of rotatable bonds is 11. The molecule has 0 aromatic heterocycles. The highest BCUT2D eigenvalue weighted by molar-refractivity contribution is 5.17. The molecule has 0 radical (unpaired) electrons. The van der Waals surface area contributed by atoms with E-state index in [0.717, 1.165) is 32.4 Å². The van der Waals surface area contributed by atoms with Gasteiger partial charge in [0.05, 0.1) is 6.10 Å². The molecule has 2 atom stereocenters. The van der Waals surface area contributed by atoms with Crippen LogP contribution >= 0.6 is 0 Å². The summed E-state index contributed by atoms with van der Waals surface area (Å²) >= 11 is 0. The molecule has 140 valence electrons. The molecule has 0 fully saturated rings. The predicted octanol–water partition coefficient (Wildman–Crippen LogP) is 5.43. The van der Waals surface area contributed by atoms with Crippen LogP contribution in [-0.4, -0.2) is 22.2 Å². The number of hydrogen-bond acceptors (Lipinski definition) is 2. The first-order chi connectivity index (χ1) is 12.6. The zero-order valence-electron chi connectivity index (χ0n) is 16.2. The summed E-state index contributed by atoms with van der Waals surface area (Å²) in [6, 6.07) is 21.2. The fourth-order valence-corrected chi connectivity index (χ4v) is 3.44. The van der Waals surface area contributed by atoms with Crippen LogP contribution in [0.25, 0.3) is 0 Å². The Labute approximate surface area is 159 Å². The Morgan fingerprint density at radius 1 is 0.923 bits per heavy atom. The first-order valence-corrected chi connectivity index (χ1v) is 9.71. The van der Waals surface area contributed by atoms with Crippen molar-refractivity contribution >= 4 is 0 Å². The van der Waals surface area contributed by atoms with Gasteiger partial charge in [-0.25, -0.2) is 0 Å². The molecule has 2 rings (SSSR count). The first-order valence-electron chi connectivity index (χ1n) is 9.71. The molecule has 0 aliphatic carbocycles. The number of nitrogens with zero attached hydrogens (tertiary/aromatic N) is 1. The largest absolute Gasteiger partial charge is 0.391 e. The molecule has 0 aliphatic rings. The Morgan fingerprint density at radius 2 is 1.42 bits per heavy atom. The zero-order valence-corrected chi connectivity index (χ0v) is 16.2. The van der Waals surface area contributed by atoms with E-state index in [1.807, 2.05) is 6.08 Å². The van der Waals surface area contributed by atoms with E-state index < -0.39 is 0 Å². The SMILES string of the molecule is C=CCC[C@@H](O)[C@H](CC(C)C)N(Cc1ccccc1)Cc1ccccc1. The Hall–Kier alpha value is -1.90. The molecular weight excluding hydrogens is 318 g/mol. The van der Waals surface area contributed by atoms with Crippen molar-refractivity contribution in [3.63, 3.8) is 0 Å². The molecular formula is C24H33NO. The van der Waals surface area contributed by atoms with Gasteiger partial charge in [0.25, 0.3) is 0 Å². The number of hydrogen-bond donors (Lipinski definition) is 1. The maximum Gasteiger partial charge on any atom is 0.0698 e. The van der Waals surface area contributed by atoms with Crippen LogP contribution in [0.2, 0.25) is 0 Å². The normalized spacial score (nSPS) is 13.7. The van der Waals surface area contributed by atoms with E-state index in [-0.39, 0.29) is 12.1 Å². The van der Waals surface area contributed by atoms with Crippen molar-refractivity contribution in [2.24, 2.45) is 5.92 Å². The van der Waals surface area contributed by atoms with E-state index in [0.29, 0.717) is 5.92 Å². The summed E-state index contributed by atoms with van der Waals surface area (Å²) in [6.45, 7) is 9.96. The predicted molar refractivity (Wildman–Crippen MR) is 111 cm³/mol. The van der Waals surface area contributed by atoms with Gasteiger partial charge in [0.15, 0.2) is 0 Å². The Morgan fingerprint density at radius 3 is 1.85 bits per heavy atom. The lowest BCUT2D eigenvalue weighted by Gasteiger charge is -2.36. The summed E-state index contributed by atoms with van der Waals surface area (Å²) in [6.07, 6.45) is 4.15. The molecule has 1 N–H and O–H groups in total. The second kappa shape index (κ2) is 10.9. The lowest BCUT2D eigenvalue weighted by molar-refractivity contribution is 0.0236. The van der Waals surface area contributed by atoms with Crippen molar-refractivity contribution in [2.75, 3.05) is 0 Å². The molecule has 2 nitrogen and oxygen atoms in total. The van der Waals surface area contributed by atoms with Gasteiger partial charge in [-0.2, -0.15) is 0 Å². The molecule has 2 aromatic rings. The molecule has 0 heterocycles. The van der Waals surface area contributed by atoms with E-state index in [1.165, 1.54) is 11.1 Å². The summed E-state index contributed by atoms with van der Waals surface area (Å²) in [7, 11) is 0. The fraction of sp³-hybridized carbons (Fsp3) is 0.417. The number of aliphatic hydroxyl groups excluding tert-OH is 1. The van der Waals surface area contributed by atoms with Crippen molar-refractivity contribution in [3.05, 3.63) is 84.4 Å². The molecule has 0 saturated heterocycles. The average Bonchev–Trinajstić information content (AvgIpc) is 2.65. The van der Waals surface area contributed by atoms with Gasteiger partial charge in [-0.05, 0) is 36.3 Å². The third-order valence-electron chi connectivity index (χ3n) is 4.75. The first kappa shape index (κ1) is 20.4. The third kappa shape index (κ3) is 6.78. The minimum Gasteiger partial charge on any atom is -0.391 e. The highest BCUT2D eigenvalue weighted by Crippen LogP contribution is 2.23. The Kier molecular flexibility index (Phi) is 8.60. The van der Waals surface area contributed by atoms with E-state index in [9.17, 15) is 5.11 Å². The van der Waals surface area contributed by atoms with Gasteiger partial charge < -0.3 is 5.11 Å². The van der Waals surface area contributed by atoms with Gasteiger partial charge in [0, 0.05) is 19.1 Å². The summed E-state index contributed by atoms with van der Waals surface area (Å²) in [4.78, 5) is 2.44. The van der Waals surface area contributed by atoms with E-state index in [2.05, 4.69) is 86.0 Å². The topological polar surface area (TPSA) is 23.5 Å². The van der Waals surface area contributed by atoms with Gasteiger partial charge in [-0.1, -0.05) is 80.6 Å². The molecule has 26 heavy (non-hydrogen) atoms. The summed E-state index contributed by atoms with van der Waals surface area (Å²) in [5.74, 6) is 0.535. The summed E-state index contributed by atoms with van der Waals surface area (Å²) in [5.41, 5.74) is 2.57. The van der Waals surface area contributed by atoms with Crippen LogP contribution in [0.5, 0.6) is 0 Å². The molecule has 0 saturated carbocycles. The lowest BCUT2D eigenvalue weighted by Crippen LogP contribution is -2.43. The van der Waals surface area contributed by atoms with Crippen molar-refractivity contribution in [1.29, 1.82) is 0 Å². The molecule has 0 aliphatic heterocycles. The average molecular weight is 352 g/mol. The summed E-state index contributed by atoms with van der Waals surface area (Å²) < 4.78 is 0. The molecule has 2 aromatic carbocycles. The summed E-state index contributed by atoms with van der Waals surface area (Å²) in [5, 5.41) is 10.9. The molecule has 2 heteroatoms. The van der Waals surface area contributed by atoms with Crippen LogP contribution < -0.4 is 0 Å². The van der Waals surface area contributed by atoms with Crippen LogP contribution in [0.3, 0.4) is 0 Å². The van der Waals surface area contributed by atoms with Crippen molar-refractivity contribution in [1.82, 2.24) is 4.90 Å². The van der Waals surface area contributed by atoms with Crippen LogP contribution in [0.4, 0.5) is 0 Å². The van der Waals surface area contributed by atoms with Gasteiger partial charge in [-0.15, -0.1) is 6.58 Å². The van der Waals surface area contributed by atoms with Crippen LogP contribution in [-0.2, 0) is 13.1 Å². The van der Waals surface area contributed by atoms with E-state index in [1.54, 1.807) is 0 Å². The minimum absolute atomic E-state index is 0.135. The second-order valence-corrected chi connectivity index (χ2v) is 7.51. The highest BCUT2D eigenvalue weighted by atomic mass is 16.3. The standard InChI is InChI=1S/C24H33NO/c1-4-5-16-24(26)23(17-20(2)3)25(18-21-12-8-6-9-13-21)19-22-14-10-7-11-15-22/h4,6-15,20,23-24,26H,1,5,16-19H2,2-3H3/t23-,24+/m0/s1. The zero-order chi connectivity index (χ0) is 18.8. The van der Waals surface area contributed by atoms with Crippen LogP contribution in [0, 0.1) is 5.92 Å². The van der Waals surface area contributed by atoms with Crippen molar-refractivity contribution in [3.8, 4) is 0 Å². The van der Waals surface area contributed by atoms with E-state index >= 15 is 0 Å². The quantitative estimate of drug-likeness (QED) is 0.546. The van der Waals surface area contributed by atoms with Crippen LogP contribution in [0.15, 0.2) is 73.3 Å². The Bertz CT molecular complexity index is 582. The molecule has 0 unspecified atom stereocenters. The highest BCUT2D eigenvalue weighted by Gasteiger charge is 2.26. The number of aliphatic hydroxyl groups is 1. The van der Waals surface area contributed by atoms with E-state index in [4.69, 9.17) is 0 Å². The van der Waals surface area contributed by atoms with Gasteiger partial charge in [-0.3, -0.25) is 4.90 Å². The maximum absolute atomic E-state index is 10.9.